The van der Waals surface area contributed by atoms with Crippen LogP contribution in [-0.4, -0.2) is 36.1 Å². The van der Waals surface area contributed by atoms with Gasteiger partial charge in [-0.1, -0.05) is 13.8 Å². The third-order valence-corrected chi connectivity index (χ3v) is 4.49. The highest BCUT2D eigenvalue weighted by molar-refractivity contribution is 7.07. The van der Waals surface area contributed by atoms with Gasteiger partial charge in [-0.2, -0.15) is 11.3 Å². The van der Waals surface area contributed by atoms with Crippen molar-refractivity contribution in [2.45, 2.75) is 58.2 Å². The molecule has 3 heteroatoms. The zero-order valence-electron chi connectivity index (χ0n) is 11.9. The molecule has 2 rings (SSSR count). The zero-order chi connectivity index (χ0) is 13.0. The predicted octanol–water partition coefficient (Wildman–Crippen LogP) is 3.14. The molecule has 1 aliphatic rings. The molecule has 0 saturated carbocycles. The van der Waals surface area contributed by atoms with Gasteiger partial charge in [0.1, 0.15) is 0 Å². The highest BCUT2D eigenvalue weighted by atomic mass is 32.1. The first-order valence-corrected chi connectivity index (χ1v) is 8.10. The lowest BCUT2D eigenvalue weighted by Crippen LogP contribution is -2.50. The summed E-state index contributed by atoms with van der Waals surface area (Å²) in [6.07, 6.45) is 3.86. The van der Waals surface area contributed by atoms with E-state index in [2.05, 4.69) is 47.8 Å². The lowest BCUT2D eigenvalue weighted by Gasteiger charge is -2.38. The quantitative estimate of drug-likeness (QED) is 0.881. The number of rotatable bonds is 5. The lowest BCUT2D eigenvalue weighted by molar-refractivity contribution is 0.141. The topological polar surface area (TPSA) is 15.3 Å². The molecule has 1 N–H and O–H groups in total. The van der Waals surface area contributed by atoms with Crippen molar-refractivity contribution in [3.05, 3.63) is 22.4 Å². The van der Waals surface area contributed by atoms with Crippen LogP contribution in [0.5, 0.6) is 0 Å². The molecule has 1 aliphatic heterocycles. The molecule has 0 radical (unpaired) electrons. The molecule has 102 valence electrons. The highest BCUT2D eigenvalue weighted by Gasteiger charge is 2.23. The number of thiophene rings is 1. The Morgan fingerprint density at radius 1 is 1.44 bits per heavy atom. The average Bonchev–Trinajstić information content (AvgIpc) is 2.81. The van der Waals surface area contributed by atoms with Crippen molar-refractivity contribution in [2.24, 2.45) is 0 Å². The fraction of sp³-hybridized carbons (Fsp3) is 0.733. The van der Waals surface area contributed by atoms with Crippen molar-refractivity contribution in [2.75, 3.05) is 13.1 Å². The molecule has 2 unspecified atom stereocenters. The minimum Gasteiger partial charge on any atom is -0.311 e. The maximum atomic E-state index is 3.69. The minimum absolute atomic E-state index is 0.599. The van der Waals surface area contributed by atoms with Gasteiger partial charge in [0.15, 0.2) is 0 Å². The third-order valence-electron chi connectivity index (χ3n) is 3.76. The molecule has 0 bridgehead atoms. The molecule has 1 fully saturated rings. The van der Waals surface area contributed by atoms with Crippen LogP contribution in [0, 0.1) is 0 Å². The molecular weight excluding hydrogens is 240 g/mol. The second-order valence-corrected chi connectivity index (χ2v) is 6.62. The monoisotopic (exact) mass is 266 g/mol. The smallest absolute Gasteiger partial charge is 0.0197 e. The van der Waals surface area contributed by atoms with E-state index in [1.807, 2.05) is 0 Å². The molecule has 1 saturated heterocycles. The van der Waals surface area contributed by atoms with E-state index in [1.54, 1.807) is 11.3 Å². The van der Waals surface area contributed by atoms with Gasteiger partial charge in [-0.25, -0.2) is 0 Å². The number of piperidine rings is 1. The van der Waals surface area contributed by atoms with Crippen LogP contribution in [-0.2, 0) is 6.42 Å². The predicted molar refractivity (Wildman–Crippen MR) is 80.4 cm³/mol. The number of nitrogens with one attached hydrogen (secondary N) is 1. The molecule has 2 heterocycles. The summed E-state index contributed by atoms with van der Waals surface area (Å²) in [7, 11) is 0. The summed E-state index contributed by atoms with van der Waals surface area (Å²) in [6.45, 7) is 9.34. The molecule has 18 heavy (non-hydrogen) atoms. The van der Waals surface area contributed by atoms with Crippen LogP contribution >= 0.6 is 11.3 Å². The van der Waals surface area contributed by atoms with Gasteiger partial charge >= 0.3 is 0 Å². The van der Waals surface area contributed by atoms with E-state index in [4.69, 9.17) is 0 Å². The summed E-state index contributed by atoms with van der Waals surface area (Å²) in [4.78, 5) is 2.65. The van der Waals surface area contributed by atoms with Gasteiger partial charge in [-0.05, 0) is 55.1 Å². The van der Waals surface area contributed by atoms with Gasteiger partial charge in [-0.15, -0.1) is 0 Å². The van der Waals surface area contributed by atoms with E-state index in [-0.39, 0.29) is 0 Å². The number of nitrogens with zero attached hydrogens (tertiary/aromatic N) is 1. The first kappa shape index (κ1) is 14.0. The van der Waals surface area contributed by atoms with Crippen molar-refractivity contribution < 1.29 is 0 Å². The zero-order valence-corrected chi connectivity index (χ0v) is 12.7. The van der Waals surface area contributed by atoms with E-state index < -0.39 is 0 Å². The number of hydrogen-bond acceptors (Lipinski definition) is 3. The van der Waals surface area contributed by atoms with Crippen LogP contribution in [0.3, 0.4) is 0 Å². The Hall–Kier alpha value is -0.380. The summed E-state index contributed by atoms with van der Waals surface area (Å²) < 4.78 is 0. The molecule has 2 atom stereocenters. The largest absolute Gasteiger partial charge is 0.311 e. The van der Waals surface area contributed by atoms with E-state index >= 15 is 0 Å². The first-order chi connectivity index (χ1) is 8.65. The first-order valence-electron chi connectivity index (χ1n) is 7.16. The molecule has 0 spiro atoms. The summed E-state index contributed by atoms with van der Waals surface area (Å²) in [6, 6.07) is 4.21. The Morgan fingerprint density at radius 3 is 2.94 bits per heavy atom. The van der Waals surface area contributed by atoms with Crippen LogP contribution in [0.2, 0.25) is 0 Å². The SMILES string of the molecule is CC(C)NC1CCCN(C(C)Cc2ccsc2)C1. The Kier molecular flexibility index (Phi) is 5.22. The molecule has 0 amide bonds. The van der Waals surface area contributed by atoms with E-state index in [1.165, 1.54) is 37.9 Å². The molecule has 1 aromatic rings. The summed E-state index contributed by atoms with van der Waals surface area (Å²) in [5.74, 6) is 0. The van der Waals surface area contributed by atoms with Gasteiger partial charge in [0.2, 0.25) is 0 Å². The number of likely N-dealkylation sites (tertiary alicyclic amines) is 1. The van der Waals surface area contributed by atoms with Crippen molar-refractivity contribution >= 4 is 11.3 Å². The maximum Gasteiger partial charge on any atom is 0.0197 e. The van der Waals surface area contributed by atoms with Gasteiger partial charge in [-0.3, -0.25) is 4.90 Å². The van der Waals surface area contributed by atoms with Crippen LogP contribution < -0.4 is 5.32 Å². The van der Waals surface area contributed by atoms with Crippen molar-refractivity contribution in [3.63, 3.8) is 0 Å². The van der Waals surface area contributed by atoms with Gasteiger partial charge in [0, 0.05) is 24.7 Å². The van der Waals surface area contributed by atoms with Crippen LogP contribution in [0.25, 0.3) is 0 Å². The van der Waals surface area contributed by atoms with Gasteiger partial charge < -0.3 is 5.32 Å². The van der Waals surface area contributed by atoms with Crippen molar-refractivity contribution in [3.8, 4) is 0 Å². The number of hydrogen-bond donors (Lipinski definition) is 1. The normalized spacial score (nSPS) is 23.4. The Balaban J connectivity index is 1.84. The van der Waals surface area contributed by atoms with Crippen LogP contribution in [0.4, 0.5) is 0 Å². The molecule has 2 nitrogen and oxygen atoms in total. The Bertz CT molecular complexity index is 334. The average molecular weight is 266 g/mol. The second-order valence-electron chi connectivity index (χ2n) is 5.84. The fourth-order valence-corrected chi connectivity index (χ4v) is 3.57. The van der Waals surface area contributed by atoms with Gasteiger partial charge in [0.05, 0.1) is 0 Å². The molecule has 0 aliphatic carbocycles. The van der Waals surface area contributed by atoms with E-state index in [9.17, 15) is 0 Å². The Morgan fingerprint density at radius 2 is 2.28 bits per heavy atom. The van der Waals surface area contributed by atoms with Crippen molar-refractivity contribution in [1.29, 1.82) is 0 Å². The van der Waals surface area contributed by atoms with Crippen molar-refractivity contribution in [1.82, 2.24) is 10.2 Å². The summed E-state index contributed by atoms with van der Waals surface area (Å²) in [5, 5.41) is 8.15. The summed E-state index contributed by atoms with van der Waals surface area (Å²) in [5.41, 5.74) is 1.49. The maximum absolute atomic E-state index is 3.69. The summed E-state index contributed by atoms with van der Waals surface area (Å²) >= 11 is 1.81. The van der Waals surface area contributed by atoms with Crippen LogP contribution in [0.1, 0.15) is 39.2 Å². The van der Waals surface area contributed by atoms with E-state index in [0.29, 0.717) is 18.1 Å². The lowest BCUT2D eigenvalue weighted by atomic mass is 10.0. The van der Waals surface area contributed by atoms with E-state index in [0.717, 1.165) is 0 Å². The molecular formula is C15H26N2S. The molecule has 0 aromatic carbocycles. The Labute approximate surface area is 115 Å². The van der Waals surface area contributed by atoms with Crippen LogP contribution in [0.15, 0.2) is 16.8 Å². The fourth-order valence-electron chi connectivity index (χ4n) is 2.89. The second kappa shape index (κ2) is 6.69. The highest BCUT2D eigenvalue weighted by Crippen LogP contribution is 2.17. The third kappa shape index (κ3) is 4.08. The van der Waals surface area contributed by atoms with Gasteiger partial charge in [0.25, 0.3) is 0 Å². The molecule has 1 aromatic heterocycles. The standard InChI is InChI=1S/C15H26N2S/c1-12(2)16-15-5-4-7-17(10-15)13(3)9-14-6-8-18-11-14/h6,8,11-13,15-16H,4-5,7,9-10H2,1-3H3. The minimum atomic E-state index is 0.599.